The van der Waals surface area contributed by atoms with Gasteiger partial charge in [0.2, 0.25) is 0 Å². The maximum atomic E-state index is 3.89. The molecule has 0 bridgehead atoms. The molecule has 3 atom stereocenters. The number of hydrogen-bond donors (Lipinski definition) is 1. The molecule has 3 rings (SSSR count). The molecular weight excluding hydrogens is 256 g/mol. The van der Waals surface area contributed by atoms with Crippen LogP contribution in [-0.4, -0.2) is 19.1 Å². The molecular formula is C19H30N2. The lowest BCUT2D eigenvalue weighted by Gasteiger charge is -2.37. The number of benzene rings is 1. The number of nitrogens with zero attached hydrogens (tertiary/aromatic N) is 1. The Kier molecular flexibility index (Phi) is 4.72. The summed E-state index contributed by atoms with van der Waals surface area (Å²) in [5.74, 6) is 1.62. The molecule has 0 spiro atoms. The second-order valence-electron chi connectivity index (χ2n) is 7.08. The molecule has 21 heavy (non-hydrogen) atoms. The molecule has 1 aromatic rings. The van der Waals surface area contributed by atoms with Crippen LogP contribution < -0.4 is 10.2 Å². The zero-order valence-electron chi connectivity index (χ0n) is 13.6. The van der Waals surface area contributed by atoms with Gasteiger partial charge in [0.05, 0.1) is 11.4 Å². The van der Waals surface area contributed by atoms with Crippen molar-refractivity contribution in [3.05, 3.63) is 24.3 Å². The standard InChI is InChI=1S/C19H30N2/c1-15-9-8-11-17(16(15)2)20-18-10-4-5-12-19(18)21-13-6-3-7-14-21/h4-5,10,12,15-17,20H,3,6-9,11,13-14H2,1-2H3. The van der Waals surface area contributed by atoms with Gasteiger partial charge in [0.15, 0.2) is 0 Å². The summed E-state index contributed by atoms with van der Waals surface area (Å²) >= 11 is 0. The summed E-state index contributed by atoms with van der Waals surface area (Å²) in [5.41, 5.74) is 2.77. The van der Waals surface area contributed by atoms with E-state index in [0.717, 1.165) is 11.8 Å². The zero-order valence-corrected chi connectivity index (χ0v) is 13.6. The van der Waals surface area contributed by atoms with Gasteiger partial charge in [-0.25, -0.2) is 0 Å². The molecule has 0 amide bonds. The van der Waals surface area contributed by atoms with E-state index in [1.165, 1.54) is 63.0 Å². The molecule has 1 saturated carbocycles. The average molecular weight is 286 g/mol. The highest BCUT2D eigenvalue weighted by Crippen LogP contribution is 2.35. The minimum absolute atomic E-state index is 0.639. The van der Waals surface area contributed by atoms with Gasteiger partial charge in [0.25, 0.3) is 0 Å². The average Bonchev–Trinajstić information content (AvgIpc) is 2.53. The molecule has 2 fully saturated rings. The van der Waals surface area contributed by atoms with Crippen LogP contribution in [0.2, 0.25) is 0 Å². The fourth-order valence-electron chi connectivity index (χ4n) is 3.99. The molecule has 2 nitrogen and oxygen atoms in total. The summed E-state index contributed by atoms with van der Waals surface area (Å²) in [4.78, 5) is 2.57. The molecule has 1 N–H and O–H groups in total. The van der Waals surface area contributed by atoms with Gasteiger partial charge in [-0.15, -0.1) is 0 Å². The van der Waals surface area contributed by atoms with Gasteiger partial charge in [0.1, 0.15) is 0 Å². The normalized spacial score (nSPS) is 30.2. The molecule has 2 aliphatic rings. The van der Waals surface area contributed by atoms with Crippen molar-refractivity contribution in [1.82, 2.24) is 0 Å². The molecule has 1 aromatic carbocycles. The molecule has 2 heteroatoms. The van der Waals surface area contributed by atoms with Gasteiger partial charge >= 0.3 is 0 Å². The number of nitrogens with one attached hydrogen (secondary N) is 1. The van der Waals surface area contributed by atoms with Crippen molar-refractivity contribution in [3.8, 4) is 0 Å². The first-order valence-corrected chi connectivity index (χ1v) is 8.86. The molecule has 0 aromatic heterocycles. The van der Waals surface area contributed by atoms with Gasteiger partial charge in [-0.1, -0.05) is 38.8 Å². The second-order valence-corrected chi connectivity index (χ2v) is 7.08. The maximum Gasteiger partial charge on any atom is 0.0602 e. The first-order valence-electron chi connectivity index (χ1n) is 8.86. The van der Waals surface area contributed by atoms with Crippen LogP contribution in [0.3, 0.4) is 0 Å². The van der Waals surface area contributed by atoms with E-state index in [9.17, 15) is 0 Å². The lowest BCUT2D eigenvalue weighted by atomic mass is 9.78. The van der Waals surface area contributed by atoms with Crippen LogP contribution in [0.1, 0.15) is 52.4 Å². The van der Waals surface area contributed by atoms with Crippen LogP contribution in [-0.2, 0) is 0 Å². The van der Waals surface area contributed by atoms with Crippen molar-refractivity contribution in [3.63, 3.8) is 0 Å². The van der Waals surface area contributed by atoms with E-state index < -0.39 is 0 Å². The van der Waals surface area contributed by atoms with E-state index >= 15 is 0 Å². The van der Waals surface area contributed by atoms with E-state index in [2.05, 4.69) is 48.3 Å². The van der Waals surface area contributed by atoms with Crippen molar-refractivity contribution in [2.45, 2.75) is 58.4 Å². The van der Waals surface area contributed by atoms with Crippen molar-refractivity contribution in [2.75, 3.05) is 23.3 Å². The van der Waals surface area contributed by atoms with Crippen LogP contribution in [0.25, 0.3) is 0 Å². The molecule has 1 saturated heterocycles. The highest BCUT2D eigenvalue weighted by atomic mass is 15.2. The molecule has 0 radical (unpaired) electrons. The minimum atomic E-state index is 0.639. The highest BCUT2D eigenvalue weighted by Gasteiger charge is 2.27. The number of hydrogen-bond acceptors (Lipinski definition) is 2. The van der Waals surface area contributed by atoms with Crippen LogP contribution in [0.5, 0.6) is 0 Å². The third-order valence-corrected chi connectivity index (χ3v) is 5.65. The Morgan fingerprint density at radius 2 is 1.71 bits per heavy atom. The SMILES string of the molecule is CC1CCCC(Nc2ccccc2N2CCCCC2)C1C. The Morgan fingerprint density at radius 1 is 0.952 bits per heavy atom. The van der Waals surface area contributed by atoms with E-state index in [0.29, 0.717) is 6.04 Å². The maximum absolute atomic E-state index is 3.89. The molecule has 116 valence electrons. The van der Waals surface area contributed by atoms with E-state index in [4.69, 9.17) is 0 Å². The van der Waals surface area contributed by atoms with Crippen LogP contribution in [0, 0.1) is 11.8 Å². The first kappa shape index (κ1) is 14.7. The van der Waals surface area contributed by atoms with Crippen molar-refractivity contribution in [1.29, 1.82) is 0 Å². The van der Waals surface area contributed by atoms with Crippen LogP contribution in [0.15, 0.2) is 24.3 Å². The minimum Gasteiger partial charge on any atom is -0.380 e. The van der Waals surface area contributed by atoms with Gasteiger partial charge < -0.3 is 10.2 Å². The highest BCUT2D eigenvalue weighted by molar-refractivity contribution is 5.70. The van der Waals surface area contributed by atoms with Crippen LogP contribution in [0.4, 0.5) is 11.4 Å². The number of para-hydroxylation sites is 2. The third kappa shape index (κ3) is 3.36. The summed E-state index contributed by atoms with van der Waals surface area (Å²) in [6.45, 7) is 7.27. The van der Waals surface area contributed by atoms with Crippen molar-refractivity contribution in [2.24, 2.45) is 11.8 Å². The van der Waals surface area contributed by atoms with Crippen molar-refractivity contribution < 1.29 is 0 Å². The van der Waals surface area contributed by atoms with Gasteiger partial charge in [-0.05, 0) is 49.7 Å². The monoisotopic (exact) mass is 286 g/mol. The number of rotatable bonds is 3. The van der Waals surface area contributed by atoms with Gasteiger partial charge in [-0.3, -0.25) is 0 Å². The Morgan fingerprint density at radius 3 is 2.52 bits per heavy atom. The zero-order chi connectivity index (χ0) is 14.7. The Balaban J connectivity index is 1.75. The largest absolute Gasteiger partial charge is 0.380 e. The summed E-state index contributed by atoms with van der Waals surface area (Å²) in [7, 11) is 0. The van der Waals surface area contributed by atoms with E-state index in [1.54, 1.807) is 0 Å². The predicted octanol–water partition coefficient (Wildman–Crippen LogP) is 4.91. The molecule has 1 heterocycles. The Labute approximate surface area is 129 Å². The van der Waals surface area contributed by atoms with Gasteiger partial charge in [-0.2, -0.15) is 0 Å². The predicted molar refractivity (Wildman–Crippen MR) is 92.1 cm³/mol. The second kappa shape index (κ2) is 6.72. The lowest BCUT2D eigenvalue weighted by molar-refractivity contribution is 0.253. The first-order chi connectivity index (χ1) is 10.3. The Bertz CT molecular complexity index is 451. The smallest absolute Gasteiger partial charge is 0.0602 e. The molecule has 1 aliphatic heterocycles. The quantitative estimate of drug-likeness (QED) is 0.849. The molecule has 3 unspecified atom stereocenters. The fraction of sp³-hybridized carbons (Fsp3) is 0.684. The van der Waals surface area contributed by atoms with Gasteiger partial charge in [0, 0.05) is 19.1 Å². The fourth-order valence-corrected chi connectivity index (χ4v) is 3.99. The lowest BCUT2D eigenvalue weighted by Crippen LogP contribution is -2.36. The third-order valence-electron chi connectivity index (χ3n) is 5.65. The Hall–Kier alpha value is -1.18. The summed E-state index contributed by atoms with van der Waals surface area (Å²) in [6, 6.07) is 9.56. The van der Waals surface area contributed by atoms with E-state index in [-0.39, 0.29) is 0 Å². The summed E-state index contributed by atoms with van der Waals surface area (Å²) in [5, 5.41) is 3.89. The molecule has 1 aliphatic carbocycles. The number of anilines is 2. The summed E-state index contributed by atoms with van der Waals surface area (Å²) in [6.07, 6.45) is 8.15. The topological polar surface area (TPSA) is 15.3 Å². The summed E-state index contributed by atoms with van der Waals surface area (Å²) < 4.78 is 0. The van der Waals surface area contributed by atoms with Crippen molar-refractivity contribution >= 4 is 11.4 Å². The van der Waals surface area contributed by atoms with Crippen LogP contribution >= 0.6 is 0 Å². The number of piperidine rings is 1. The van der Waals surface area contributed by atoms with E-state index in [1.807, 2.05) is 0 Å².